The van der Waals surface area contributed by atoms with E-state index in [1.165, 1.54) is 6.92 Å². The van der Waals surface area contributed by atoms with Gasteiger partial charge in [-0.25, -0.2) is 4.39 Å². The molecule has 0 aromatic heterocycles. The number of halogens is 4. The number of likely N-dealkylation sites (tertiary alicyclic amines) is 1. The number of amides is 1. The molecule has 7 heteroatoms. The number of rotatable bonds is 4. The van der Waals surface area contributed by atoms with E-state index in [1.807, 2.05) is 6.92 Å². The van der Waals surface area contributed by atoms with E-state index in [2.05, 4.69) is 5.32 Å². The highest BCUT2D eigenvalue weighted by atomic mass is 19.4. The lowest BCUT2D eigenvalue weighted by Gasteiger charge is -2.38. The van der Waals surface area contributed by atoms with Crippen LogP contribution in [0.1, 0.15) is 37.8 Å². The van der Waals surface area contributed by atoms with Crippen LogP contribution in [0.5, 0.6) is 0 Å². The number of piperidine rings is 1. The van der Waals surface area contributed by atoms with Gasteiger partial charge in [0.05, 0.1) is 5.56 Å². The molecule has 0 spiro atoms. The Morgan fingerprint density at radius 2 is 2.08 bits per heavy atom. The number of carbonyl (C=O) groups excluding carboxylic acids is 1. The average molecular weight is 346 g/mol. The minimum Gasteiger partial charge on any atom is -0.343 e. The van der Waals surface area contributed by atoms with Gasteiger partial charge >= 0.3 is 6.18 Å². The molecule has 1 heterocycles. The zero-order valence-corrected chi connectivity index (χ0v) is 13.8. The van der Waals surface area contributed by atoms with E-state index < -0.39 is 17.6 Å². The first-order valence-electron chi connectivity index (χ1n) is 8.07. The van der Waals surface area contributed by atoms with Crippen molar-refractivity contribution < 1.29 is 22.4 Å². The summed E-state index contributed by atoms with van der Waals surface area (Å²) in [5, 5.41) is 3.17. The number of nitrogens with one attached hydrogen (secondary N) is 1. The van der Waals surface area contributed by atoms with Crippen molar-refractivity contribution in [1.82, 2.24) is 10.2 Å². The van der Waals surface area contributed by atoms with Crippen molar-refractivity contribution in [2.45, 2.75) is 45.5 Å². The van der Waals surface area contributed by atoms with Crippen LogP contribution in [-0.2, 0) is 17.5 Å². The summed E-state index contributed by atoms with van der Waals surface area (Å²) in [5.74, 6) is -0.419. The molecule has 1 aliphatic rings. The molecule has 1 amide bonds. The molecular weight excluding hydrogens is 324 g/mol. The third kappa shape index (κ3) is 4.47. The number of alkyl halides is 3. The molecule has 0 radical (unpaired) electrons. The molecule has 1 aliphatic heterocycles. The Balaban J connectivity index is 2.04. The van der Waals surface area contributed by atoms with Gasteiger partial charge in [-0.1, -0.05) is 13.3 Å². The molecule has 2 rings (SSSR count). The number of carbonyl (C=O) groups is 1. The lowest BCUT2D eigenvalue weighted by molar-refractivity contribution is -0.137. The van der Waals surface area contributed by atoms with E-state index in [0.717, 1.165) is 24.6 Å². The lowest BCUT2D eigenvalue weighted by Crippen LogP contribution is -2.50. The van der Waals surface area contributed by atoms with Crippen molar-refractivity contribution in [2.24, 2.45) is 5.92 Å². The summed E-state index contributed by atoms with van der Waals surface area (Å²) in [5.41, 5.74) is -0.840. The van der Waals surface area contributed by atoms with Crippen LogP contribution in [0.4, 0.5) is 17.6 Å². The summed E-state index contributed by atoms with van der Waals surface area (Å²) in [4.78, 5) is 13.2. The Labute approximate surface area is 139 Å². The summed E-state index contributed by atoms with van der Waals surface area (Å²) in [6.07, 6.45) is -2.94. The standard InChI is InChI=1S/C17H22F4N2O/c1-3-12-10-23(11(2)24)7-6-16(12)22-9-13-8-14(17(19,20)21)4-5-15(13)18/h4-5,8,12,16,22H,3,6-7,9-10H2,1-2H3. The summed E-state index contributed by atoms with van der Waals surface area (Å²) in [6, 6.07) is 2.52. The van der Waals surface area contributed by atoms with Gasteiger partial charge in [0.1, 0.15) is 5.82 Å². The largest absolute Gasteiger partial charge is 0.416 e. The Bertz CT molecular complexity index is 588. The van der Waals surface area contributed by atoms with Crippen molar-refractivity contribution in [3.05, 3.63) is 35.1 Å². The summed E-state index contributed by atoms with van der Waals surface area (Å²) in [6.45, 7) is 4.80. The highest BCUT2D eigenvalue weighted by Crippen LogP contribution is 2.30. The molecule has 1 aromatic rings. The van der Waals surface area contributed by atoms with Crippen molar-refractivity contribution in [2.75, 3.05) is 13.1 Å². The van der Waals surface area contributed by atoms with Crippen LogP contribution in [0.3, 0.4) is 0 Å². The molecule has 3 nitrogen and oxygen atoms in total. The second-order valence-corrected chi connectivity index (χ2v) is 6.21. The van der Waals surface area contributed by atoms with Gasteiger partial charge in [0.25, 0.3) is 0 Å². The maximum Gasteiger partial charge on any atom is 0.416 e. The number of hydrogen-bond acceptors (Lipinski definition) is 2. The third-order valence-electron chi connectivity index (χ3n) is 4.63. The van der Waals surface area contributed by atoms with Gasteiger partial charge < -0.3 is 10.2 Å². The third-order valence-corrected chi connectivity index (χ3v) is 4.63. The maximum atomic E-state index is 13.8. The van der Waals surface area contributed by atoms with Crippen LogP contribution < -0.4 is 5.32 Å². The fraction of sp³-hybridized carbons (Fsp3) is 0.588. The Hall–Kier alpha value is -1.63. The van der Waals surface area contributed by atoms with Crippen LogP contribution in [0.25, 0.3) is 0 Å². The fourth-order valence-electron chi connectivity index (χ4n) is 3.13. The van der Waals surface area contributed by atoms with E-state index in [0.29, 0.717) is 19.5 Å². The van der Waals surface area contributed by atoms with Crippen molar-refractivity contribution in [3.8, 4) is 0 Å². The minimum atomic E-state index is -4.48. The van der Waals surface area contributed by atoms with Gasteiger partial charge in [-0.05, 0) is 30.5 Å². The predicted molar refractivity (Wildman–Crippen MR) is 82.7 cm³/mol. The quantitative estimate of drug-likeness (QED) is 0.845. The van der Waals surface area contributed by atoms with E-state index in [1.54, 1.807) is 4.90 Å². The van der Waals surface area contributed by atoms with Crippen LogP contribution in [0.2, 0.25) is 0 Å². The second kappa shape index (κ2) is 7.51. The molecule has 1 fully saturated rings. The summed E-state index contributed by atoms with van der Waals surface area (Å²) < 4.78 is 52.0. The molecular formula is C17H22F4N2O. The van der Waals surface area contributed by atoms with Gasteiger partial charge in [-0.2, -0.15) is 13.2 Å². The first kappa shape index (κ1) is 18.7. The van der Waals surface area contributed by atoms with Gasteiger partial charge in [-0.3, -0.25) is 4.79 Å². The highest BCUT2D eigenvalue weighted by Gasteiger charge is 2.32. The molecule has 1 saturated heterocycles. The zero-order valence-electron chi connectivity index (χ0n) is 13.8. The minimum absolute atomic E-state index is 0.00803. The molecule has 2 atom stereocenters. The van der Waals surface area contributed by atoms with Gasteiger partial charge in [-0.15, -0.1) is 0 Å². The second-order valence-electron chi connectivity index (χ2n) is 6.21. The SMILES string of the molecule is CCC1CN(C(C)=O)CCC1NCc1cc(C(F)(F)F)ccc1F. The fourth-order valence-corrected chi connectivity index (χ4v) is 3.13. The average Bonchev–Trinajstić information content (AvgIpc) is 2.52. The van der Waals surface area contributed by atoms with E-state index >= 15 is 0 Å². The van der Waals surface area contributed by atoms with Crippen molar-refractivity contribution in [1.29, 1.82) is 0 Å². The Morgan fingerprint density at radius 3 is 2.67 bits per heavy atom. The topological polar surface area (TPSA) is 32.3 Å². The normalized spacial score (nSPS) is 21.8. The number of benzene rings is 1. The smallest absolute Gasteiger partial charge is 0.343 e. The van der Waals surface area contributed by atoms with Crippen molar-refractivity contribution in [3.63, 3.8) is 0 Å². The first-order valence-corrected chi connectivity index (χ1v) is 8.07. The lowest BCUT2D eigenvalue weighted by atomic mass is 9.89. The van der Waals surface area contributed by atoms with Crippen molar-refractivity contribution >= 4 is 5.91 Å². The monoisotopic (exact) mass is 346 g/mol. The zero-order chi connectivity index (χ0) is 17.9. The van der Waals surface area contributed by atoms with Gasteiger partial charge in [0, 0.05) is 38.2 Å². The Kier molecular flexibility index (Phi) is 5.85. The Morgan fingerprint density at radius 1 is 1.38 bits per heavy atom. The predicted octanol–water partition coefficient (Wildman–Crippen LogP) is 3.58. The number of hydrogen-bond donors (Lipinski definition) is 1. The van der Waals surface area contributed by atoms with Crippen LogP contribution >= 0.6 is 0 Å². The molecule has 1 N–H and O–H groups in total. The van der Waals surface area contributed by atoms with E-state index in [-0.39, 0.29) is 30.0 Å². The molecule has 1 aromatic carbocycles. The van der Waals surface area contributed by atoms with Gasteiger partial charge in [0.15, 0.2) is 0 Å². The first-order chi connectivity index (χ1) is 11.2. The van der Waals surface area contributed by atoms with Crippen LogP contribution in [-0.4, -0.2) is 29.9 Å². The maximum absolute atomic E-state index is 13.8. The van der Waals surface area contributed by atoms with E-state index in [9.17, 15) is 22.4 Å². The van der Waals surface area contributed by atoms with Crippen LogP contribution in [0, 0.1) is 11.7 Å². The number of nitrogens with zero attached hydrogens (tertiary/aromatic N) is 1. The molecule has 2 unspecified atom stereocenters. The molecule has 24 heavy (non-hydrogen) atoms. The van der Waals surface area contributed by atoms with E-state index in [4.69, 9.17) is 0 Å². The van der Waals surface area contributed by atoms with Crippen LogP contribution in [0.15, 0.2) is 18.2 Å². The molecule has 0 saturated carbocycles. The highest BCUT2D eigenvalue weighted by molar-refractivity contribution is 5.73. The van der Waals surface area contributed by atoms with Gasteiger partial charge in [0.2, 0.25) is 5.91 Å². The summed E-state index contributed by atoms with van der Waals surface area (Å²) in [7, 11) is 0. The molecule has 0 bridgehead atoms. The summed E-state index contributed by atoms with van der Waals surface area (Å²) >= 11 is 0. The molecule has 134 valence electrons. The molecule has 0 aliphatic carbocycles.